The number of aryl methyl sites for hydroxylation is 1. The molecule has 174 valence electrons. The lowest BCUT2D eigenvalue weighted by atomic mass is 10.2. The number of carboxylic acids is 1. The lowest BCUT2D eigenvalue weighted by Gasteiger charge is -2.13. The van der Waals surface area contributed by atoms with Crippen LogP contribution in [0.25, 0.3) is 0 Å². The van der Waals surface area contributed by atoms with Gasteiger partial charge in [-0.05, 0) is 61.9 Å². The van der Waals surface area contributed by atoms with E-state index in [1.807, 2.05) is 32.0 Å². The van der Waals surface area contributed by atoms with Crippen LogP contribution in [0, 0.1) is 0 Å². The number of anilines is 1. The van der Waals surface area contributed by atoms with Crippen LogP contribution in [0.2, 0.25) is 0 Å². The summed E-state index contributed by atoms with van der Waals surface area (Å²) in [6.07, 6.45) is 1.35. The van der Waals surface area contributed by atoms with Gasteiger partial charge in [-0.3, -0.25) is 14.3 Å². The minimum absolute atomic E-state index is 0.117. The normalized spacial score (nSPS) is 10.5. The zero-order chi connectivity index (χ0) is 23.6. The van der Waals surface area contributed by atoms with Gasteiger partial charge < -0.3 is 24.6 Å². The first kappa shape index (κ1) is 23.6. The SMILES string of the molecule is CCOc1ccc(COc2ccc(NC(=O)c3ccnn3CCC(=O)O)cc2)cc1OCC. The highest BCUT2D eigenvalue weighted by molar-refractivity contribution is 6.03. The molecule has 0 aliphatic carbocycles. The second-order valence-electron chi connectivity index (χ2n) is 7.00. The first-order chi connectivity index (χ1) is 16.0. The van der Waals surface area contributed by atoms with E-state index in [0.29, 0.717) is 42.8 Å². The number of amides is 1. The summed E-state index contributed by atoms with van der Waals surface area (Å²) >= 11 is 0. The van der Waals surface area contributed by atoms with E-state index in [2.05, 4.69) is 10.4 Å². The maximum absolute atomic E-state index is 12.5. The molecule has 3 rings (SSSR count). The molecule has 0 atom stereocenters. The van der Waals surface area contributed by atoms with Crippen LogP contribution in [0.3, 0.4) is 0 Å². The van der Waals surface area contributed by atoms with Crippen molar-refractivity contribution in [2.75, 3.05) is 18.5 Å². The maximum atomic E-state index is 12.5. The Labute approximate surface area is 191 Å². The van der Waals surface area contributed by atoms with Crippen molar-refractivity contribution in [3.8, 4) is 17.2 Å². The zero-order valence-corrected chi connectivity index (χ0v) is 18.6. The van der Waals surface area contributed by atoms with Crippen LogP contribution in [0.4, 0.5) is 5.69 Å². The third kappa shape index (κ3) is 6.73. The van der Waals surface area contributed by atoms with E-state index in [9.17, 15) is 9.59 Å². The van der Waals surface area contributed by atoms with Crippen LogP contribution < -0.4 is 19.5 Å². The van der Waals surface area contributed by atoms with Crippen LogP contribution in [-0.4, -0.2) is 40.0 Å². The van der Waals surface area contributed by atoms with Crippen LogP contribution in [-0.2, 0) is 17.9 Å². The summed E-state index contributed by atoms with van der Waals surface area (Å²) in [6.45, 7) is 5.41. The highest BCUT2D eigenvalue weighted by Crippen LogP contribution is 2.29. The summed E-state index contributed by atoms with van der Waals surface area (Å²) in [4.78, 5) is 23.3. The van der Waals surface area contributed by atoms with E-state index >= 15 is 0 Å². The van der Waals surface area contributed by atoms with Gasteiger partial charge in [0, 0.05) is 11.9 Å². The van der Waals surface area contributed by atoms with Gasteiger partial charge in [0.15, 0.2) is 11.5 Å². The Hall–Kier alpha value is -4.01. The summed E-state index contributed by atoms with van der Waals surface area (Å²) in [6, 6.07) is 14.2. The van der Waals surface area contributed by atoms with Crippen molar-refractivity contribution in [1.29, 1.82) is 0 Å². The molecule has 0 aliphatic rings. The third-order valence-corrected chi connectivity index (χ3v) is 4.61. The second-order valence-corrected chi connectivity index (χ2v) is 7.00. The Bertz CT molecular complexity index is 1080. The van der Waals surface area contributed by atoms with Crippen molar-refractivity contribution >= 4 is 17.6 Å². The van der Waals surface area contributed by atoms with Crippen LogP contribution in [0.15, 0.2) is 54.7 Å². The zero-order valence-electron chi connectivity index (χ0n) is 18.6. The molecule has 0 saturated carbocycles. The van der Waals surface area contributed by atoms with Gasteiger partial charge in [0.05, 0.1) is 26.2 Å². The van der Waals surface area contributed by atoms with Gasteiger partial charge in [-0.15, -0.1) is 0 Å². The van der Waals surface area contributed by atoms with Gasteiger partial charge in [-0.25, -0.2) is 0 Å². The second kappa shape index (κ2) is 11.6. The molecule has 1 aromatic heterocycles. The molecular weight excluding hydrogens is 426 g/mol. The van der Waals surface area contributed by atoms with E-state index in [1.54, 1.807) is 30.3 Å². The number of carbonyl (C=O) groups is 2. The number of benzene rings is 2. The topological polar surface area (TPSA) is 112 Å². The van der Waals surface area contributed by atoms with E-state index in [0.717, 1.165) is 5.56 Å². The van der Waals surface area contributed by atoms with Crippen molar-refractivity contribution in [3.63, 3.8) is 0 Å². The summed E-state index contributed by atoms with van der Waals surface area (Å²) in [5, 5.41) is 15.6. The number of aromatic nitrogens is 2. The molecule has 0 spiro atoms. The molecule has 0 radical (unpaired) electrons. The number of aliphatic carboxylic acids is 1. The third-order valence-electron chi connectivity index (χ3n) is 4.61. The van der Waals surface area contributed by atoms with Crippen molar-refractivity contribution < 1.29 is 28.9 Å². The van der Waals surface area contributed by atoms with Gasteiger partial charge in [0.2, 0.25) is 0 Å². The van der Waals surface area contributed by atoms with Crippen LogP contribution >= 0.6 is 0 Å². The van der Waals surface area contributed by atoms with E-state index < -0.39 is 5.97 Å². The smallest absolute Gasteiger partial charge is 0.305 e. The molecule has 9 nitrogen and oxygen atoms in total. The number of nitrogens with zero attached hydrogens (tertiary/aromatic N) is 2. The fourth-order valence-corrected chi connectivity index (χ4v) is 3.09. The standard InChI is InChI=1S/C24H27N3O6/c1-3-31-21-10-5-17(15-22(21)32-4-2)16-33-19-8-6-18(7-9-19)26-24(30)20-11-13-25-27(20)14-12-23(28)29/h5-11,13,15H,3-4,12,14,16H2,1-2H3,(H,26,30)(H,28,29). The maximum Gasteiger partial charge on any atom is 0.305 e. The minimum Gasteiger partial charge on any atom is -0.490 e. The monoisotopic (exact) mass is 453 g/mol. The van der Waals surface area contributed by atoms with Crippen LogP contribution in [0.1, 0.15) is 36.3 Å². The average Bonchev–Trinajstić information content (AvgIpc) is 3.28. The van der Waals surface area contributed by atoms with Gasteiger partial charge in [0.1, 0.15) is 18.1 Å². The number of carboxylic acid groups (broad SMARTS) is 1. The highest BCUT2D eigenvalue weighted by atomic mass is 16.5. The fourth-order valence-electron chi connectivity index (χ4n) is 3.09. The van der Waals surface area contributed by atoms with Gasteiger partial charge in [-0.2, -0.15) is 5.10 Å². The van der Waals surface area contributed by atoms with Crippen molar-refractivity contribution in [3.05, 3.63) is 66.0 Å². The van der Waals surface area contributed by atoms with E-state index in [1.165, 1.54) is 10.9 Å². The molecule has 2 aromatic carbocycles. The molecule has 1 amide bonds. The lowest BCUT2D eigenvalue weighted by molar-refractivity contribution is -0.137. The van der Waals surface area contributed by atoms with E-state index in [-0.39, 0.29) is 24.6 Å². The van der Waals surface area contributed by atoms with E-state index in [4.69, 9.17) is 19.3 Å². The molecule has 0 saturated heterocycles. The molecule has 9 heteroatoms. The van der Waals surface area contributed by atoms with Crippen molar-refractivity contribution in [2.24, 2.45) is 0 Å². The molecule has 0 fully saturated rings. The molecule has 0 unspecified atom stereocenters. The summed E-state index contributed by atoms with van der Waals surface area (Å²) in [5.74, 6) is 0.705. The molecule has 3 aromatic rings. The molecule has 1 heterocycles. The first-order valence-corrected chi connectivity index (χ1v) is 10.7. The number of nitrogens with one attached hydrogen (secondary N) is 1. The van der Waals surface area contributed by atoms with Gasteiger partial charge >= 0.3 is 5.97 Å². The lowest BCUT2D eigenvalue weighted by Crippen LogP contribution is -2.18. The number of rotatable bonds is 12. The minimum atomic E-state index is -0.952. The van der Waals surface area contributed by atoms with Gasteiger partial charge in [0.25, 0.3) is 5.91 Å². The Balaban J connectivity index is 1.58. The highest BCUT2D eigenvalue weighted by Gasteiger charge is 2.13. The largest absolute Gasteiger partial charge is 0.490 e. The predicted molar refractivity (Wildman–Crippen MR) is 122 cm³/mol. The number of ether oxygens (including phenoxy) is 3. The van der Waals surface area contributed by atoms with Crippen molar-refractivity contribution in [2.45, 2.75) is 33.4 Å². The fraction of sp³-hybridized carbons (Fsp3) is 0.292. The Morgan fingerprint density at radius 1 is 0.970 bits per heavy atom. The Morgan fingerprint density at radius 2 is 1.70 bits per heavy atom. The summed E-state index contributed by atoms with van der Waals surface area (Å²) in [5.41, 5.74) is 1.81. The number of hydrogen-bond donors (Lipinski definition) is 2. The number of hydrogen-bond acceptors (Lipinski definition) is 6. The van der Waals surface area contributed by atoms with Crippen molar-refractivity contribution in [1.82, 2.24) is 9.78 Å². The molecule has 33 heavy (non-hydrogen) atoms. The first-order valence-electron chi connectivity index (χ1n) is 10.7. The Kier molecular flexibility index (Phi) is 8.29. The summed E-state index contributed by atoms with van der Waals surface area (Å²) in [7, 11) is 0. The average molecular weight is 453 g/mol. The van der Waals surface area contributed by atoms with Crippen LogP contribution in [0.5, 0.6) is 17.2 Å². The molecular formula is C24H27N3O6. The molecule has 0 aliphatic heterocycles. The number of carbonyl (C=O) groups excluding carboxylic acids is 1. The molecule has 0 bridgehead atoms. The van der Waals surface area contributed by atoms with Gasteiger partial charge in [-0.1, -0.05) is 6.07 Å². The molecule has 2 N–H and O–H groups in total. The summed E-state index contributed by atoms with van der Waals surface area (Å²) < 4.78 is 18.4. The predicted octanol–water partition coefficient (Wildman–Crippen LogP) is 3.99. The quantitative estimate of drug-likeness (QED) is 0.426. The Morgan fingerprint density at radius 3 is 2.39 bits per heavy atom.